The Morgan fingerprint density at radius 1 is 0.531 bits per heavy atom. The van der Waals surface area contributed by atoms with Crippen molar-refractivity contribution >= 4 is 46.5 Å². The first-order chi connectivity index (χ1) is 23.8. The Kier molecular flexibility index (Phi) is 17.5. The van der Waals surface area contributed by atoms with Gasteiger partial charge in [0, 0.05) is 12.2 Å². The Balaban J connectivity index is 1.35. The van der Waals surface area contributed by atoms with Gasteiger partial charge in [-0.15, -0.1) is 0 Å². The van der Waals surface area contributed by atoms with Crippen LogP contribution in [0.15, 0.2) is 92.0 Å². The van der Waals surface area contributed by atoms with Gasteiger partial charge in [0.2, 0.25) is 0 Å². The van der Waals surface area contributed by atoms with Crippen molar-refractivity contribution in [1.82, 2.24) is 0 Å². The lowest BCUT2D eigenvalue weighted by atomic mass is 10.2. The minimum Gasteiger partial charge on any atom is -0.494 e. The highest BCUT2D eigenvalue weighted by Crippen LogP contribution is 2.27. The maximum Gasteiger partial charge on any atom is 0.343 e. The van der Waals surface area contributed by atoms with Gasteiger partial charge in [0.25, 0.3) is 0 Å². The molecular formula is C38H41IO10. The van der Waals surface area contributed by atoms with Gasteiger partial charge in [-0.05, 0) is 141 Å². The Morgan fingerprint density at radius 3 is 1.37 bits per heavy atom. The molecule has 0 fully saturated rings. The molecule has 0 aliphatic carbocycles. The third kappa shape index (κ3) is 15.0. The third-order valence-electron chi connectivity index (χ3n) is 6.93. The molecule has 0 atom stereocenters. The Morgan fingerprint density at radius 2 is 0.939 bits per heavy atom. The van der Waals surface area contributed by atoms with Crippen LogP contribution in [-0.4, -0.2) is 50.3 Å². The second-order valence-electron chi connectivity index (χ2n) is 10.7. The molecule has 0 heterocycles. The van der Waals surface area contributed by atoms with E-state index in [1.165, 1.54) is 0 Å². The summed E-state index contributed by atoms with van der Waals surface area (Å²) < 4.78 is 33.1. The summed E-state index contributed by atoms with van der Waals surface area (Å²) >= 11 is 2.02. The fourth-order valence-electron chi connectivity index (χ4n) is 4.29. The summed E-state index contributed by atoms with van der Waals surface area (Å²) in [5.41, 5.74) is 0.729. The molecule has 0 aliphatic heterocycles. The molecule has 49 heavy (non-hydrogen) atoms. The molecule has 0 amide bonds. The first-order valence-electron chi connectivity index (χ1n) is 16.1. The molecule has 3 aromatic rings. The van der Waals surface area contributed by atoms with Gasteiger partial charge in [0.1, 0.15) is 23.0 Å². The summed E-state index contributed by atoms with van der Waals surface area (Å²) in [7, 11) is 0. The molecule has 0 N–H and O–H groups in total. The zero-order chi connectivity index (χ0) is 35.3. The van der Waals surface area contributed by atoms with Crippen molar-refractivity contribution in [2.24, 2.45) is 0 Å². The molecular weight excluding hydrogens is 743 g/mol. The van der Waals surface area contributed by atoms with Crippen molar-refractivity contribution in [1.29, 1.82) is 0 Å². The van der Waals surface area contributed by atoms with E-state index in [0.29, 0.717) is 64.1 Å². The molecule has 0 unspecified atom stereocenters. The normalized spacial score (nSPS) is 10.4. The van der Waals surface area contributed by atoms with Crippen LogP contribution in [0.5, 0.6) is 23.0 Å². The molecule has 10 nitrogen and oxygen atoms in total. The maximum atomic E-state index is 12.7. The van der Waals surface area contributed by atoms with Gasteiger partial charge in [-0.3, -0.25) is 0 Å². The van der Waals surface area contributed by atoms with Crippen molar-refractivity contribution in [3.05, 3.63) is 107 Å². The van der Waals surface area contributed by atoms with Gasteiger partial charge in [-0.1, -0.05) is 13.2 Å². The average Bonchev–Trinajstić information content (AvgIpc) is 3.11. The predicted molar refractivity (Wildman–Crippen MR) is 192 cm³/mol. The van der Waals surface area contributed by atoms with Crippen molar-refractivity contribution in [2.75, 3.05) is 26.4 Å². The Hall–Kier alpha value is -4.65. The molecule has 3 aromatic carbocycles. The summed E-state index contributed by atoms with van der Waals surface area (Å²) in [4.78, 5) is 47.5. The van der Waals surface area contributed by atoms with E-state index < -0.39 is 23.9 Å². The zero-order valence-corrected chi connectivity index (χ0v) is 29.5. The summed E-state index contributed by atoms with van der Waals surface area (Å²) in [5.74, 6) is 0.0706. The van der Waals surface area contributed by atoms with Gasteiger partial charge < -0.3 is 28.4 Å². The van der Waals surface area contributed by atoms with Crippen molar-refractivity contribution in [2.45, 2.75) is 51.4 Å². The first kappa shape index (κ1) is 38.8. The van der Waals surface area contributed by atoms with Gasteiger partial charge in [-0.25, -0.2) is 19.2 Å². The summed E-state index contributed by atoms with van der Waals surface area (Å²) in [5, 5.41) is 0. The van der Waals surface area contributed by atoms with Gasteiger partial charge in [-0.2, -0.15) is 0 Å². The van der Waals surface area contributed by atoms with Crippen LogP contribution in [0.4, 0.5) is 0 Å². The van der Waals surface area contributed by atoms with E-state index in [2.05, 4.69) is 13.2 Å². The largest absolute Gasteiger partial charge is 0.494 e. The van der Waals surface area contributed by atoms with Crippen LogP contribution in [0.3, 0.4) is 0 Å². The first-order valence-corrected chi connectivity index (χ1v) is 17.1. The van der Waals surface area contributed by atoms with E-state index in [-0.39, 0.29) is 0 Å². The molecule has 0 aliphatic rings. The van der Waals surface area contributed by atoms with Crippen LogP contribution in [0.2, 0.25) is 0 Å². The lowest BCUT2D eigenvalue weighted by Crippen LogP contribution is -2.11. The fourth-order valence-corrected chi connectivity index (χ4v) is 4.88. The molecule has 3 rings (SSSR count). The van der Waals surface area contributed by atoms with E-state index in [0.717, 1.165) is 63.5 Å². The number of benzene rings is 3. The minimum atomic E-state index is -0.530. The molecule has 0 spiro atoms. The number of hydrogen-bond donors (Lipinski definition) is 0. The highest BCUT2D eigenvalue weighted by molar-refractivity contribution is 14.1. The van der Waals surface area contributed by atoms with Crippen molar-refractivity contribution < 1.29 is 47.6 Å². The monoisotopic (exact) mass is 784 g/mol. The van der Waals surface area contributed by atoms with Crippen molar-refractivity contribution in [3.63, 3.8) is 0 Å². The SMILES string of the molecule is C=CC(=O)OCCCCCCOc1ccc(C(=O)Oc2ccc(OC(=O)c3ccc(OCCCCCCOC(=O)C=C)cc3)c(I)c2)cc1. The second-order valence-corrected chi connectivity index (χ2v) is 11.9. The number of esters is 4. The summed E-state index contributed by atoms with van der Waals surface area (Å²) in [6, 6.07) is 18.2. The highest BCUT2D eigenvalue weighted by Gasteiger charge is 2.14. The molecule has 0 saturated heterocycles. The Bertz CT molecular complexity index is 1530. The van der Waals surface area contributed by atoms with Gasteiger partial charge >= 0.3 is 23.9 Å². The lowest BCUT2D eigenvalue weighted by molar-refractivity contribution is -0.138. The number of carbonyl (C=O) groups excluding carboxylic acids is 4. The van der Waals surface area contributed by atoms with E-state index >= 15 is 0 Å². The van der Waals surface area contributed by atoms with Crippen LogP contribution >= 0.6 is 22.6 Å². The van der Waals surface area contributed by atoms with Gasteiger partial charge in [0.05, 0.1) is 41.1 Å². The van der Waals surface area contributed by atoms with E-state index in [4.69, 9.17) is 28.4 Å². The maximum absolute atomic E-state index is 12.7. The number of carbonyl (C=O) groups is 4. The fraction of sp³-hybridized carbons (Fsp3) is 0.316. The average molecular weight is 785 g/mol. The van der Waals surface area contributed by atoms with Crippen LogP contribution in [0.25, 0.3) is 0 Å². The molecule has 11 heteroatoms. The standard InChI is InChI=1S/C38H41IO10/c1-3-35(40)46-25-11-7-5-9-23-44-30-17-13-28(14-18-30)37(42)48-32-21-22-34(33(39)27-32)49-38(43)29-15-19-31(20-16-29)45-24-10-6-8-12-26-47-36(41)4-2/h3-4,13-22,27H,1-2,5-12,23-26H2. The smallest absolute Gasteiger partial charge is 0.343 e. The van der Waals surface area contributed by atoms with E-state index in [9.17, 15) is 19.2 Å². The number of ether oxygens (including phenoxy) is 6. The summed E-state index contributed by atoms with van der Waals surface area (Å²) in [6.45, 7) is 8.56. The molecule has 260 valence electrons. The molecule has 0 aromatic heterocycles. The predicted octanol–water partition coefficient (Wildman–Crippen LogP) is 8.07. The number of rotatable bonds is 22. The van der Waals surface area contributed by atoms with Crippen LogP contribution < -0.4 is 18.9 Å². The number of unbranched alkanes of at least 4 members (excludes halogenated alkanes) is 6. The highest BCUT2D eigenvalue weighted by atomic mass is 127. The zero-order valence-electron chi connectivity index (χ0n) is 27.4. The number of hydrogen-bond acceptors (Lipinski definition) is 10. The third-order valence-corrected chi connectivity index (χ3v) is 7.78. The molecule has 0 bridgehead atoms. The van der Waals surface area contributed by atoms with Crippen LogP contribution in [-0.2, 0) is 19.1 Å². The van der Waals surface area contributed by atoms with Crippen LogP contribution in [0.1, 0.15) is 72.1 Å². The Labute approximate surface area is 300 Å². The summed E-state index contributed by atoms with van der Waals surface area (Å²) in [6.07, 6.45) is 9.33. The molecule has 0 radical (unpaired) electrons. The molecule has 0 saturated carbocycles. The van der Waals surface area contributed by atoms with Crippen molar-refractivity contribution in [3.8, 4) is 23.0 Å². The number of halogens is 1. The topological polar surface area (TPSA) is 124 Å². The lowest BCUT2D eigenvalue weighted by Gasteiger charge is -2.10. The van der Waals surface area contributed by atoms with E-state index in [1.807, 2.05) is 22.6 Å². The van der Waals surface area contributed by atoms with E-state index in [1.54, 1.807) is 66.7 Å². The van der Waals surface area contributed by atoms with Gasteiger partial charge in [0.15, 0.2) is 0 Å². The van der Waals surface area contributed by atoms with Crippen LogP contribution in [0, 0.1) is 3.57 Å². The quantitative estimate of drug-likeness (QED) is 0.0325. The second kappa shape index (κ2) is 22.1. The minimum absolute atomic E-state index is 0.311.